The molecule has 116 valence electrons. The summed E-state index contributed by atoms with van der Waals surface area (Å²) in [6, 6.07) is 13.8. The van der Waals surface area contributed by atoms with Crippen molar-refractivity contribution in [1.29, 1.82) is 0 Å². The Balaban J connectivity index is 2.30. The summed E-state index contributed by atoms with van der Waals surface area (Å²) < 4.78 is 24.7. The highest BCUT2D eigenvalue weighted by molar-refractivity contribution is 7.91. The Kier molecular flexibility index (Phi) is 6.00. The number of hydrogen-bond acceptors (Lipinski definition) is 3. The van der Waals surface area contributed by atoms with Gasteiger partial charge in [-0.05, 0) is 36.8 Å². The molecule has 0 saturated carbocycles. The summed E-state index contributed by atoms with van der Waals surface area (Å²) >= 11 is 11.4. The van der Waals surface area contributed by atoms with Crippen LogP contribution in [0.5, 0.6) is 0 Å². The van der Waals surface area contributed by atoms with Gasteiger partial charge in [0.2, 0.25) is 0 Å². The molecule has 0 amide bonds. The highest BCUT2D eigenvalue weighted by Gasteiger charge is 2.16. The van der Waals surface area contributed by atoms with Crippen molar-refractivity contribution in [2.75, 3.05) is 11.6 Å². The van der Waals surface area contributed by atoms with Crippen LogP contribution in [0.25, 0.3) is 0 Å². The number of nitrogens with zero attached hydrogens (tertiary/aromatic N) is 1. The average Bonchev–Trinajstić information content (AvgIpc) is 2.53. The molecule has 0 aromatic heterocycles. The molecule has 22 heavy (non-hydrogen) atoms. The maximum absolute atomic E-state index is 12.3. The molecule has 2 aromatic carbocycles. The molecule has 3 nitrogen and oxygen atoms in total. The monoisotopic (exact) mass is 355 g/mol. The summed E-state index contributed by atoms with van der Waals surface area (Å²) in [5.74, 6) is 0.350. The van der Waals surface area contributed by atoms with Crippen LogP contribution in [-0.2, 0) is 9.84 Å². The fraction of sp³-hybridized carbons (Fsp3) is 0.188. The first-order chi connectivity index (χ1) is 10.5. The Labute approximate surface area is 140 Å². The average molecular weight is 356 g/mol. The van der Waals surface area contributed by atoms with Gasteiger partial charge < -0.3 is 0 Å². The van der Waals surface area contributed by atoms with Gasteiger partial charge in [-0.15, -0.1) is 11.6 Å². The van der Waals surface area contributed by atoms with Crippen LogP contribution >= 0.6 is 23.2 Å². The van der Waals surface area contributed by atoms with Crippen LogP contribution in [0, 0.1) is 0 Å². The first-order valence-electron chi connectivity index (χ1n) is 6.70. The molecule has 6 heteroatoms. The van der Waals surface area contributed by atoms with Gasteiger partial charge in [0, 0.05) is 22.7 Å². The molecule has 0 aliphatic rings. The van der Waals surface area contributed by atoms with Crippen molar-refractivity contribution in [3.8, 4) is 0 Å². The van der Waals surface area contributed by atoms with E-state index in [1.807, 2.05) is 0 Å². The van der Waals surface area contributed by atoms with E-state index in [9.17, 15) is 8.42 Å². The predicted octanol–water partition coefficient (Wildman–Crippen LogP) is 4.49. The summed E-state index contributed by atoms with van der Waals surface area (Å²) in [6.45, 7) is 0. The molecule has 0 aliphatic carbocycles. The van der Waals surface area contributed by atoms with E-state index in [-0.39, 0.29) is 10.6 Å². The Bertz CT molecular complexity index is 756. The number of halogens is 2. The minimum Gasteiger partial charge on any atom is -0.256 e. The topological polar surface area (TPSA) is 46.5 Å². The number of rotatable bonds is 6. The second-order valence-corrected chi connectivity index (χ2v) is 7.53. The van der Waals surface area contributed by atoms with Crippen molar-refractivity contribution >= 4 is 44.9 Å². The quantitative estimate of drug-likeness (QED) is 0.565. The Morgan fingerprint density at radius 1 is 1.05 bits per heavy atom. The van der Waals surface area contributed by atoms with E-state index in [0.717, 1.165) is 0 Å². The summed E-state index contributed by atoms with van der Waals surface area (Å²) in [5, 5.41) is 0.628. The van der Waals surface area contributed by atoms with Crippen LogP contribution < -0.4 is 0 Å². The van der Waals surface area contributed by atoms with E-state index < -0.39 is 9.84 Å². The van der Waals surface area contributed by atoms with Crippen LogP contribution in [0.1, 0.15) is 12.0 Å². The number of benzene rings is 2. The molecule has 0 atom stereocenters. The molecule has 2 rings (SSSR count). The van der Waals surface area contributed by atoms with Gasteiger partial charge in [-0.2, -0.15) is 0 Å². The second-order valence-electron chi connectivity index (χ2n) is 4.63. The highest BCUT2D eigenvalue weighted by atomic mass is 35.5. The van der Waals surface area contributed by atoms with Crippen LogP contribution in [0.2, 0.25) is 5.02 Å². The molecule has 0 aliphatic heterocycles. The second kappa shape index (κ2) is 7.77. The molecule has 0 spiro atoms. The lowest BCUT2D eigenvalue weighted by Crippen LogP contribution is -2.09. The van der Waals surface area contributed by atoms with E-state index in [1.54, 1.807) is 54.7 Å². The van der Waals surface area contributed by atoms with E-state index in [0.29, 0.717) is 28.6 Å². The lowest BCUT2D eigenvalue weighted by Gasteiger charge is -2.06. The first-order valence-corrected chi connectivity index (χ1v) is 9.27. The number of sulfone groups is 1. The van der Waals surface area contributed by atoms with Gasteiger partial charge in [-0.25, -0.2) is 8.42 Å². The molecular formula is C16H15Cl2NO2S. The Morgan fingerprint density at radius 3 is 2.41 bits per heavy atom. The van der Waals surface area contributed by atoms with E-state index in [1.165, 1.54) is 0 Å². The van der Waals surface area contributed by atoms with Gasteiger partial charge in [-0.1, -0.05) is 29.8 Å². The van der Waals surface area contributed by atoms with Gasteiger partial charge in [0.15, 0.2) is 9.84 Å². The van der Waals surface area contributed by atoms with Gasteiger partial charge in [0.25, 0.3) is 0 Å². The normalized spacial score (nSPS) is 11.9. The maximum atomic E-state index is 12.3. The van der Waals surface area contributed by atoms with Crippen molar-refractivity contribution in [3.63, 3.8) is 0 Å². The minimum absolute atomic E-state index is 0.0301. The maximum Gasteiger partial charge on any atom is 0.179 e. The lowest BCUT2D eigenvalue weighted by molar-refractivity contribution is 0.594. The smallest absolute Gasteiger partial charge is 0.179 e. The fourth-order valence-electron chi connectivity index (χ4n) is 1.90. The molecule has 0 N–H and O–H groups in total. The highest BCUT2D eigenvalue weighted by Crippen LogP contribution is 2.19. The number of hydrogen-bond donors (Lipinski definition) is 0. The van der Waals surface area contributed by atoms with E-state index >= 15 is 0 Å². The summed E-state index contributed by atoms with van der Waals surface area (Å²) in [4.78, 5) is 4.57. The zero-order valence-corrected chi connectivity index (χ0v) is 14.1. The zero-order chi connectivity index (χ0) is 16.0. The van der Waals surface area contributed by atoms with Gasteiger partial charge >= 0.3 is 0 Å². The van der Waals surface area contributed by atoms with Gasteiger partial charge in [0.1, 0.15) is 0 Å². The van der Waals surface area contributed by atoms with Crippen molar-refractivity contribution < 1.29 is 8.42 Å². The van der Waals surface area contributed by atoms with Crippen molar-refractivity contribution in [2.24, 2.45) is 4.99 Å². The zero-order valence-electron chi connectivity index (χ0n) is 11.7. The van der Waals surface area contributed by atoms with Gasteiger partial charge in [0.05, 0.1) is 16.3 Å². The standard InChI is InChI=1S/C16H15Cl2NO2S/c17-10-3-11-22(20,21)16-5-2-1-4-13(16)12-19-15-8-6-14(18)7-9-15/h1-2,4-9,12H,3,10-11H2. The lowest BCUT2D eigenvalue weighted by atomic mass is 10.2. The third kappa shape index (κ3) is 4.57. The molecule has 0 fully saturated rings. The first kappa shape index (κ1) is 17.0. The predicted molar refractivity (Wildman–Crippen MR) is 92.5 cm³/mol. The number of alkyl halides is 1. The summed E-state index contributed by atoms with van der Waals surface area (Å²) in [5.41, 5.74) is 1.27. The van der Waals surface area contributed by atoms with Crippen molar-refractivity contribution in [1.82, 2.24) is 0 Å². The third-order valence-corrected chi connectivity index (χ3v) is 5.37. The fourth-order valence-corrected chi connectivity index (χ4v) is 3.82. The van der Waals surface area contributed by atoms with E-state index in [2.05, 4.69) is 4.99 Å². The molecule has 0 radical (unpaired) electrons. The van der Waals surface area contributed by atoms with E-state index in [4.69, 9.17) is 23.2 Å². The molecule has 0 saturated heterocycles. The molecule has 0 unspecified atom stereocenters. The van der Waals surface area contributed by atoms with Crippen LogP contribution in [0.4, 0.5) is 5.69 Å². The molecule has 2 aromatic rings. The van der Waals surface area contributed by atoms with Crippen LogP contribution in [-0.4, -0.2) is 26.3 Å². The summed E-state index contributed by atoms with van der Waals surface area (Å²) in [6.07, 6.45) is 1.98. The molecular weight excluding hydrogens is 341 g/mol. The number of aliphatic imine (C=N–C) groups is 1. The van der Waals surface area contributed by atoms with Crippen molar-refractivity contribution in [2.45, 2.75) is 11.3 Å². The minimum atomic E-state index is -3.36. The third-order valence-electron chi connectivity index (χ3n) is 2.98. The SMILES string of the molecule is O=S(=O)(CCCCl)c1ccccc1C=Nc1ccc(Cl)cc1. The van der Waals surface area contributed by atoms with Gasteiger partial charge in [-0.3, -0.25) is 4.99 Å². The van der Waals surface area contributed by atoms with Crippen molar-refractivity contribution in [3.05, 3.63) is 59.1 Å². The summed E-state index contributed by atoms with van der Waals surface area (Å²) in [7, 11) is -3.36. The van der Waals surface area contributed by atoms with Crippen LogP contribution in [0.3, 0.4) is 0 Å². The molecule has 0 heterocycles. The Morgan fingerprint density at radius 2 is 1.73 bits per heavy atom. The largest absolute Gasteiger partial charge is 0.256 e. The van der Waals surface area contributed by atoms with Crippen LogP contribution in [0.15, 0.2) is 58.4 Å². The molecule has 0 bridgehead atoms. The Hall–Kier alpha value is -1.36.